The Bertz CT molecular complexity index is 404. The van der Waals surface area contributed by atoms with Crippen LogP contribution in [0.5, 0.6) is 0 Å². The van der Waals surface area contributed by atoms with Crippen LogP contribution < -0.4 is 10.6 Å². The number of carbonyl (C=O) groups excluding carboxylic acids is 1. The molecule has 0 saturated heterocycles. The van der Waals surface area contributed by atoms with Gasteiger partial charge in [0.05, 0.1) is 5.56 Å². The first kappa shape index (κ1) is 15.5. The summed E-state index contributed by atoms with van der Waals surface area (Å²) in [6, 6.07) is 3.60. The molecule has 0 aliphatic heterocycles. The number of aromatic nitrogens is 1. The third-order valence-corrected chi connectivity index (χ3v) is 3.32. The monoisotopic (exact) mass is 263 g/mol. The van der Waals surface area contributed by atoms with Gasteiger partial charge in [0.25, 0.3) is 5.91 Å². The first-order valence-corrected chi connectivity index (χ1v) is 7.03. The predicted octanol–water partition coefficient (Wildman–Crippen LogP) is 2.93. The molecule has 1 aromatic rings. The average Bonchev–Trinajstić information content (AvgIpc) is 2.42. The summed E-state index contributed by atoms with van der Waals surface area (Å²) in [7, 11) is 0. The first-order valence-electron chi connectivity index (χ1n) is 7.03. The fourth-order valence-electron chi connectivity index (χ4n) is 1.56. The molecule has 0 bridgehead atoms. The molecule has 0 aromatic carbocycles. The molecular weight excluding hydrogens is 238 g/mol. The lowest BCUT2D eigenvalue weighted by molar-refractivity contribution is 0.0945. The van der Waals surface area contributed by atoms with Crippen molar-refractivity contribution in [2.45, 2.75) is 34.1 Å². The summed E-state index contributed by atoms with van der Waals surface area (Å²) in [5, 5.41) is 6.16. The Kier molecular flexibility index (Phi) is 6.33. The standard InChI is InChI=1S/C15H25N3O/c1-5-8-16-14-13(7-6-9-17-14)15(19)18-10-12(4)11(2)3/h6-7,9,11-12H,5,8,10H2,1-4H3,(H,16,17)(H,18,19). The zero-order valence-electron chi connectivity index (χ0n) is 12.4. The fourth-order valence-corrected chi connectivity index (χ4v) is 1.56. The van der Waals surface area contributed by atoms with Crippen LogP contribution in [0.25, 0.3) is 0 Å². The molecule has 1 heterocycles. The SMILES string of the molecule is CCCNc1ncccc1C(=O)NCC(C)C(C)C. The van der Waals surface area contributed by atoms with Crippen LogP contribution in [0.15, 0.2) is 18.3 Å². The van der Waals surface area contributed by atoms with E-state index in [9.17, 15) is 4.79 Å². The van der Waals surface area contributed by atoms with Gasteiger partial charge in [0.15, 0.2) is 0 Å². The molecule has 0 fully saturated rings. The third-order valence-electron chi connectivity index (χ3n) is 3.32. The Labute approximate surface area is 116 Å². The Balaban J connectivity index is 2.65. The number of anilines is 1. The Morgan fingerprint density at radius 2 is 2.11 bits per heavy atom. The number of pyridine rings is 1. The maximum Gasteiger partial charge on any atom is 0.255 e. The van der Waals surface area contributed by atoms with Crippen molar-refractivity contribution in [3.05, 3.63) is 23.9 Å². The van der Waals surface area contributed by atoms with E-state index >= 15 is 0 Å². The van der Waals surface area contributed by atoms with Gasteiger partial charge in [-0.1, -0.05) is 27.7 Å². The van der Waals surface area contributed by atoms with Crippen LogP contribution in [-0.4, -0.2) is 24.0 Å². The number of nitrogens with one attached hydrogen (secondary N) is 2. The molecule has 0 aliphatic rings. The summed E-state index contributed by atoms with van der Waals surface area (Å²) >= 11 is 0. The van der Waals surface area contributed by atoms with E-state index in [-0.39, 0.29) is 5.91 Å². The molecule has 1 unspecified atom stereocenters. The van der Waals surface area contributed by atoms with Crippen LogP contribution in [0.3, 0.4) is 0 Å². The summed E-state index contributed by atoms with van der Waals surface area (Å²) in [4.78, 5) is 16.4. The number of amides is 1. The summed E-state index contributed by atoms with van der Waals surface area (Å²) in [5.74, 6) is 1.64. The molecule has 0 spiro atoms. The second-order valence-electron chi connectivity index (χ2n) is 5.26. The van der Waals surface area contributed by atoms with Crippen molar-refractivity contribution < 1.29 is 4.79 Å². The van der Waals surface area contributed by atoms with Crippen molar-refractivity contribution in [2.24, 2.45) is 11.8 Å². The zero-order chi connectivity index (χ0) is 14.3. The van der Waals surface area contributed by atoms with E-state index in [0.29, 0.717) is 29.8 Å². The lowest BCUT2D eigenvalue weighted by Gasteiger charge is -2.17. The molecule has 1 rings (SSSR count). The van der Waals surface area contributed by atoms with Crippen LogP contribution in [0.4, 0.5) is 5.82 Å². The van der Waals surface area contributed by atoms with Crippen molar-refractivity contribution in [1.29, 1.82) is 0 Å². The molecule has 1 amide bonds. The molecule has 1 aromatic heterocycles. The Hall–Kier alpha value is -1.58. The van der Waals surface area contributed by atoms with Crippen molar-refractivity contribution in [3.8, 4) is 0 Å². The molecule has 4 nitrogen and oxygen atoms in total. The average molecular weight is 263 g/mol. The minimum atomic E-state index is -0.0563. The normalized spacial score (nSPS) is 12.3. The molecule has 0 aliphatic carbocycles. The lowest BCUT2D eigenvalue weighted by atomic mass is 9.98. The number of nitrogens with zero attached hydrogens (tertiary/aromatic N) is 1. The highest BCUT2D eigenvalue weighted by Crippen LogP contribution is 2.12. The van der Waals surface area contributed by atoms with Gasteiger partial charge in [0.1, 0.15) is 5.82 Å². The van der Waals surface area contributed by atoms with Crippen LogP contribution in [0.1, 0.15) is 44.5 Å². The van der Waals surface area contributed by atoms with E-state index in [1.807, 2.05) is 0 Å². The van der Waals surface area contributed by atoms with Gasteiger partial charge in [-0.3, -0.25) is 4.79 Å². The molecule has 1 atom stereocenters. The number of carbonyl (C=O) groups is 1. The van der Waals surface area contributed by atoms with E-state index in [0.717, 1.165) is 13.0 Å². The summed E-state index contributed by atoms with van der Waals surface area (Å²) in [5.41, 5.74) is 0.618. The van der Waals surface area contributed by atoms with Crippen LogP contribution in [0, 0.1) is 11.8 Å². The third kappa shape index (κ3) is 4.89. The molecular formula is C15H25N3O. The van der Waals surface area contributed by atoms with E-state index in [4.69, 9.17) is 0 Å². The second-order valence-corrected chi connectivity index (χ2v) is 5.26. The predicted molar refractivity (Wildman–Crippen MR) is 79.4 cm³/mol. The molecule has 0 saturated carbocycles. The van der Waals surface area contributed by atoms with Crippen LogP contribution in [0.2, 0.25) is 0 Å². The Morgan fingerprint density at radius 3 is 2.74 bits per heavy atom. The van der Waals surface area contributed by atoms with Gasteiger partial charge < -0.3 is 10.6 Å². The fraction of sp³-hybridized carbons (Fsp3) is 0.600. The minimum Gasteiger partial charge on any atom is -0.369 e. The highest BCUT2D eigenvalue weighted by molar-refractivity contribution is 5.98. The highest BCUT2D eigenvalue weighted by Gasteiger charge is 2.13. The largest absolute Gasteiger partial charge is 0.369 e. The molecule has 106 valence electrons. The highest BCUT2D eigenvalue weighted by atomic mass is 16.1. The second kappa shape index (κ2) is 7.77. The quantitative estimate of drug-likeness (QED) is 0.795. The smallest absolute Gasteiger partial charge is 0.255 e. The minimum absolute atomic E-state index is 0.0563. The molecule has 4 heteroatoms. The maximum absolute atomic E-state index is 12.2. The maximum atomic E-state index is 12.2. The molecule has 0 radical (unpaired) electrons. The number of rotatable bonds is 7. The van der Waals surface area contributed by atoms with Gasteiger partial charge in [-0.05, 0) is 30.4 Å². The zero-order valence-corrected chi connectivity index (χ0v) is 12.4. The number of hydrogen-bond donors (Lipinski definition) is 2. The molecule has 2 N–H and O–H groups in total. The van der Waals surface area contributed by atoms with Gasteiger partial charge in [0, 0.05) is 19.3 Å². The first-order chi connectivity index (χ1) is 9.06. The summed E-state index contributed by atoms with van der Waals surface area (Å²) in [6.45, 7) is 10.1. The van der Waals surface area contributed by atoms with Crippen molar-refractivity contribution in [1.82, 2.24) is 10.3 Å². The van der Waals surface area contributed by atoms with Gasteiger partial charge in [-0.15, -0.1) is 0 Å². The molecule has 19 heavy (non-hydrogen) atoms. The van der Waals surface area contributed by atoms with E-state index in [2.05, 4.69) is 43.3 Å². The van der Waals surface area contributed by atoms with Gasteiger partial charge in [-0.2, -0.15) is 0 Å². The summed E-state index contributed by atoms with van der Waals surface area (Å²) in [6.07, 6.45) is 2.70. The van der Waals surface area contributed by atoms with Gasteiger partial charge in [0.2, 0.25) is 0 Å². The van der Waals surface area contributed by atoms with Crippen LogP contribution >= 0.6 is 0 Å². The summed E-state index contributed by atoms with van der Waals surface area (Å²) < 4.78 is 0. The van der Waals surface area contributed by atoms with Gasteiger partial charge >= 0.3 is 0 Å². The Morgan fingerprint density at radius 1 is 1.37 bits per heavy atom. The van der Waals surface area contributed by atoms with Crippen molar-refractivity contribution in [2.75, 3.05) is 18.4 Å². The topological polar surface area (TPSA) is 54.0 Å². The van der Waals surface area contributed by atoms with Crippen LogP contribution in [-0.2, 0) is 0 Å². The van der Waals surface area contributed by atoms with E-state index in [1.54, 1.807) is 18.3 Å². The van der Waals surface area contributed by atoms with Crippen molar-refractivity contribution in [3.63, 3.8) is 0 Å². The lowest BCUT2D eigenvalue weighted by Crippen LogP contribution is -2.30. The van der Waals surface area contributed by atoms with Gasteiger partial charge in [-0.25, -0.2) is 4.98 Å². The van der Waals surface area contributed by atoms with Crippen molar-refractivity contribution >= 4 is 11.7 Å². The van der Waals surface area contributed by atoms with E-state index < -0.39 is 0 Å². The number of hydrogen-bond acceptors (Lipinski definition) is 3. The van der Waals surface area contributed by atoms with E-state index in [1.165, 1.54) is 0 Å².